The Bertz CT molecular complexity index is 798. The number of nitriles is 1. The predicted molar refractivity (Wildman–Crippen MR) is 89.3 cm³/mol. The molecule has 2 N–H and O–H groups in total. The molecule has 1 amide bonds. The van der Waals surface area contributed by atoms with Gasteiger partial charge in [0.1, 0.15) is 0 Å². The van der Waals surface area contributed by atoms with Gasteiger partial charge < -0.3 is 10.6 Å². The number of carbonyl (C=O) groups excluding carboxylic acids is 1. The number of rotatable bonds is 5. The molecule has 0 aliphatic carbocycles. The van der Waals surface area contributed by atoms with Crippen LogP contribution in [0.5, 0.6) is 0 Å². The van der Waals surface area contributed by atoms with Gasteiger partial charge in [-0.05, 0) is 35.9 Å². The maximum atomic E-state index is 12.8. The lowest BCUT2D eigenvalue weighted by Gasteiger charge is -2.12. The molecule has 0 bridgehead atoms. The smallest absolute Gasteiger partial charge is 0.376 e. The van der Waals surface area contributed by atoms with Crippen LogP contribution in [-0.4, -0.2) is 12.5 Å². The third kappa shape index (κ3) is 5.40. The van der Waals surface area contributed by atoms with Crippen molar-refractivity contribution in [2.24, 2.45) is 0 Å². The second-order valence-electron chi connectivity index (χ2n) is 5.13. The van der Waals surface area contributed by atoms with Gasteiger partial charge in [0.2, 0.25) is 5.91 Å². The first kappa shape index (κ1) is 18.6. The first-order valence-corrected chi connectivity index (χ1v) is 7.54. The monoisotopic (exact) mass is 367 g/mol. The quantitative estimate of drug-likeness (QED) is 0.819. The number of alkyl halides is 3. The Hall–Kier alpha value is -2.72. The minimum Gasteiger partial charge on any atom is -0.376 e. The average Bonchev–Trinajstić information content (AvgIpc) is 2.55. The lowest BCUT2D eigenvalue weighted by molar-refractivity contribution is -0.137. The van der Waals surface area contributed by atoms with Gasteiger partial charge in [0.05, 0.1) is 29.6 Å². The molecule has 0 radical (unpaired) electrons. The van der Waals surface area contributed by atoms with E-state index in [2.05, 4.69) is 10.6 Å². The Morgan fingerprint density at radius 3 is 2.36 bits per heavy atom. The van der Waals surface area contributed by atoms with Crippen LogP contribution in [0, 0.1) is 11.3 Å². The number of halogens is 4. The molecule has 0 saturated heterocycles. The lowest BCUT2D eigenvalue weighted by atomic mass is 10.1. The Kier molecular flexibility index (Phi) is 5.88. The standard InChI is InChI=1S/C17H13ClF3N3O/c18-15-6-5-13(9-14(15)17(19,20)21)23-10-16(25)24-12-3-1-11(2-4-12)7-8-22/h1-6,9,23H,7,10H2,(H,24,25). The zero-order valence-electron chi connectivity index (χ0n) is 12.8. The molecule has 0 heterocycles. The van der Waals surface area contributed by atoms with Crippen LogP contribution in [0.1, 0.15) is 11.1 Å². The van der Waals surface area contributed by atoms with E-state index >= 15 is 0 Å². The van der Waals surface area contributed by atoms with E-state index in [1.165, 1.54) is 6.07 Å². The van der Waals surface area contributed by atoms with Crippen LogP contribution in [0.15, 0.2) is 42.5 Å². The molecule has 0 aliphatic heterocycles. The van der Waals surface area contributed by atoms with E-state index in [0.29, 0.717) is 5.69 Å². The molecule has 0 atom stereocenters. The Morgan fingerprint density at radius 1 is 1.12 bits per heavy atom. The van der Waals surface area contributed by atoms with E-state index in [4.69, 9.17) is 16.9 Å². The van der Waals surface area contributed by atoms with Crippen LogP contribution in [0.4, 0.5) is 24.5 Å². The molecule has 0 saturated carbocycles. The van der Waals surface area contributed by atoms with Gasteiger partial charge in [-0.3, -0.25) is 4.79 Å². The van der Waals surface area contributed by atoms with Gasteiger partial charge in [-0.25, -0.2) is 0 Å². The van der Waals surface area contributed by atoms with Gasteiger partial charge >= 0.3 is 6.18 Å². The van der Waals surface area contributed by atoms with Crippen LogP contribution in [-0.2, 0) is 17.4 Å². The molecule has 25 heavy (non-hydrogen) atoms. The number of benzene rings is 2. The Balaban J connectivity index is 1.95. The Labute approximate surface area is 147 Å². The van der Waals surface area contributed by atoms with Crippen molar-refractivity contribution in [1.29, 1.82) is 5.26 Å². The number of carbonyl (C=O) groups is 1. The van der Waals surface area contributed by atoms with E-state index in [-0.39, 0.29) is 18.7 Å². The van der Waals surface area contributed by atoms with Crippen LogP contribution in [0.2, 0.25) is 5.02 Å². The molecule has 0 fully saturated rings. The highest BCUT2D eigenvalue weighted by Crippen LogP contribution is 2.36. The molecule has 2 aromatic carbocycles. The summed E-state index contributed by atoms with van der Waals surface area (Å²) in [6, 6.07) is 12.1. The van der Waals surface area contributed by atoms with Gasteiger partial charge in [-0.2, -0.15) is 18.4 Å². The van der Waals surface area contributed by atoms with E-state index < -0.39 is 22.7 Å². The van der Waals surface area contributed by atoms with E-state index in [1.807, 2.05) is 6.07 Å². The fraction of sp³-hybridized carbons (Fsp3) is 0.176. The number of anilines is 2. The fourth-order valence-electron chi connectivity index (χ4n) is 2.04. The summed E-state index contributed by atoms with van der Waals surface area (Å²) in [6.07, 6.45) is -4.30. The first-order chi connectivity index (χ1) is 11.8. The van der Waals surface area contributed by atoms with Crippen molar-refractivity contribution in [1.82, 2.24) is 0 Å². The third-order valence-corrected chi connectivity index (χ3v) is 3.58. The summed E-state index contributed by atoms with van der Waals surface area (Å²) < 4.78 is 38.4. The minimum absolute atomic E-state index is 0.135. The van der Waals surface area contributed by atoms with Crippen molar-refractivity contribution in [2.45, 2.75) is 12.6 Å². The van der Waals surface area contributed by atoms with Crippen LogP contribution in [0.25, 0.3) is 0 Å². The Morgan fingerprint density at radius 2 is 1.76 bits per heavy atom. The van der Waals surface area contributed by atoms with E-state index in [0.717, 1.165) is 17.7 Å². The first-order valence-electron chi connectivity index (χ1n) is 7.16. The fourth-order valence-corrected chi connectivity index (χ4v) is 2.26. The van der Waals surface area contributed by atoms with E-state index in [9.17, 15) is 18.0 Å². The molecule has 0 spiro atoms. The van der Waals surface area contributed by atoms with Crippen molar-refractivity contribution < 1.29 is 18.0 Å². The summed E-state index contributed by atoms with van der Waals surface area (Å²) >= 11 is 5.54. The van der Waals surface area contributed by atoms with Crippen molar-refractivity contribution in [3.05, 3.63) is 58.6 Å². The number of nitrogens with one attached hydrogen (secondary N) is 2. The number of amides is 1. The largest absolute Gasteiger partial charge is 0.417 e. The highest BCUT2D eigenvalue weighted by Gasteiger charge is 2.33. The van der Waals surface area contributed by atoms with Gasteiger partial charge in [-0.1, -0.05) is 23.7 Å². The van der Waals surface area contributed by atoms with Crippen molar-refractivity contribution in [3.8, 4) is 6.07 Å². The molecule has 0 aliphatic rings. The van der Waals surface area contributed by atoms with Crippen LogP contribution < -0.4 is 10.6 Å². The molecule has 4 nitrogen and oxygen atoms in total. The predicted octanol–water partition coefficient (Wildman–Crippen LogP) is 4.48. The van der Waals surface area contributed by atoms with Crippen molar-refractivity contribution >= 4 is 28.9 Å². The van der Waals surface area contributed by atoms with Gasteiger partial charge in [0, 0.05) is 11.4 Å². The summed E-state index contributed by atoms with van der Waals surface area (Å²) in [5, 5.41) is 13.4. The average molecular weight is 368 g/mol. The number of hydrogen-bond donors (Lipinski definition) is 2. The summed E-state index contributed by atoms with van der Waals surface area (Å²) in [5.74, 6) is -0.420. The molecule has 8 heteroatoms. The third-order valence-electron chi connectivity index (χ3n) is 3.25. The zero-order chi connectivity index (χ0) is 18.4. The van der Waals surface area contributed by atoms with Gasteiger partial charge in [0.15, 0.2) is 0 Å². The van der Waals surface area contributed by atoms with E-state index in [1.54, 1.807) is 24.3 Å². The van der Waals surface area contributed by atoms with Gasteiger partial charge in [0.25, 0.3) is 0 Å². The normalized spacial score (nSPS) is 10.8. The van der Waals surface area contributed by atoms with Crippen molar-refractivity contribution in [3.63, 3.8) is 0 Å². The number of nitrogens with zero attached hydrogens (tertiary/aromatic N) is 1. The second kappa shape index (κ2) is 7.90. The van der Waals surface area contributed by atoms with Crippen LogP contribution >= 0.6 is 11.6 Å². The number of hydrogen-bond acceptors (Lipinski definition) is 3. The summed E-state index contributed by atoms with van der Waals surface area (Å²) in [7, 11) is 0. The zero-order valence-corrected chi connectivity index (χ0v) is 13.6. The maximum absolute atomic E-state index is 12.8. The van der Waals surface area contributed by atoms with Gasteiger partial charge in [-0.15, -0.1) is 0 Å². The van der Waals surface area contributed by atoms with Crippen molar-refractivity contribution in [2.75, 3.05) is 17.2 Å². The second-order valence-corrected chi connectivity index (χ2v) is 5.53. The maximum Gasteiger partial charge on any atom is 0.417 e. The summed E-state index contributed by atoms with van der Waals surface area (Å²) in [6.45, 7) is -0.209. The summed E-state index contributed by atoms with van der Waals surface area (Å²) in [4.78, 5) is 11.9. The molecule has 2 rings (SSSR count). The summed E-state index contributed by atoms with van der Waals surface area (Å²) in [5.41, 5.74) is 0.518. The molecule has 0 aromatic heterocycles. The van der Waals surface area contributed by atoms with Crippen LogP contribution in [0.3, 0.4) is 0 Å². The highest BCUT2D eigenvalue weighted by atomic mass is 35.5. The lowest BCUT2D eigenvalue weighted by Crippen LogP contribution is -2.22. The molecule has 130 valence electrons. The topological polar surface area (TPSA) is 64.9 Å². The SMILES string of the molecule is N#CCc1ccc(NC(=O)CNc2ccc(Cl)c(C(F)(F)F)c2)cc1. The highest BCUT2D eigenvalue weighted by molar-refractivity contribution is 6.31. The molecule has 2 aromatic rings. The minimum atomic E-state index is -4.57. The molecule has 0 unspecified atom stereocenters. The molecular formula is C17H13ClF3N3O. The molecular weight excluding hydrogens is 355 g/mol.